The van der Waals surface area contributed by atoms with E-state index < -0.39 is 0 Å². The molecule has 1 spiro atoms. The molecule has 126 valence electrons. The third-order valence-electron chi connectivity index (χ3n) is 5.38. The molecule has 1 aromatic carbocycles. The predicted molar refractivity (Wildman–Crippen MR) is 91.5 cm³/mol. The maximum absolute atomic E-state index is 11.8. The molecular weight excluding hydrogens is 288 g/mol. The van der Waals surface area contributed by atoms with Crippen molar-refractivity contribution in [2.45, 2.75) is 57.7 Å². The van der Waals surface area contributed by atoms with Gasteiger partial charge in [-0.05, 0) is 50.8 Å². The molecule has 0 aromatic heterocycles. The molecule has 2 fully saturated rings. The van der Waals surface area contributed by atoms with Gasteiger partial charge in [0.15, 0.2) is 0 Å². The van der Waals surface area contributed by atoms with E-state index >= 15 is 0 Å². The summed E-state index contributed by atoms with van der Waals surface area (Å²) in [6.45, 7) is 7.21. The zero-order valence-corrected chi connectivity index (χ0v) is 14.5. The third-order valence-corrected chi connectivity index (χ3v) is 5.38. The molecule has 2 aliphatic rings. The lowest BCUT2D eigenvalue weighted by Gasteiger charge is -2.43. The average molecular weight is 316 g/mol. The number of amides is 1. The van der Waals surface area contributed by atoms with E-state index in [0.717, 1.165) is 51.1 Å². The SMILES string of the molecule is CC(C)Oc1ccc(CN2CCC3(CCC(=O)N3C)CC2)cc1. The Morgan fingerprint density at radius 1 is 1.13 bits per heavy atom. The fourth-order valence-corrected chi connectivity index (χ4v) is 3.86. The average Bonchev–Trinajstić information content (AvgIpc) is 2.80. The van der Waals surface area contributed by atoms with Crippen LogP contribution >= 0.6 is 0 Å². The van der Waals surface area contributed by atoms with Crippen LogP contribution in [-0.4, -0.2) is 47.5 Å². The lowest BCUT2D eigenvalue weighted by Crippen LogP contribution is -2.51. The van der Waals surface area contributed by atoms with Crippen LogP contribution in [0.5, 0.6) is 5.75 Å². The molecule has 2 heterocycles. The van der Waals surface area contributed by atoms with Gasteiger partial charge in [0.25, 0.3) is 0 Å². The molecule has 1 amide bonds. The molecule has 4 nitrogen and oxygen atoms in total. The minimum Gasteiger partial charge on any atom is -0.491 e. The van der Waals surface area contributed by atoms with Gasteiger partial charge in [-0.15, -0.1) is 0 Å². The highest BCUT2D eigenvalue weighted by Gasteiger charge is 2.44. The van der Waals surface area contributed by atoms with Crippen molar-refractivity contribution < 1.29 is 9.53 Å². The van der Waals surface area contributed by atoms with Gasteiger partial charge in [-0.2, -0.15) is 0 Å². The second-order valence-corrected chi connectivity index (χ2v) is 7.26. The number of nitrogens with zero attached hydrogens (tertiary/aromatic N) is 2. The van der Waals surface area contributed by atoms with Crippen LogP contribution in [-0.2, 0) is 11.3 Å². The Labute approximate surface area is 139 Å². The zero-order chi connectivity index (χ0) is 16.4. The largest absolute Gasteiger partial charge is 0.491 e. The Hall–Kier alpha value is -1.55. The van der Waals surface area contributed by atoms with Crippen LogP contribution in [0.25, 0.3) is 0 Å². The molecule has 1 aromatic rings. The van der Waals surface area contributed by atoms with E-state index in [9.17, 15) is 4.79 Å². The van der Waals surface area contributed by atoms with Crippen molar-refractivity contribution in [2.75, 3.05) is 20.1 Å². The van der Waals surface area contributed by atoms with Crippen molar-refractivity contribution in [3.05, 3.63) is 29.8 Å². The summed E-state index contributed by atoms with van der Waals surface area (Å²) in [5, 5.41) is 0. The lowest BCUT2D eigenvalue weighted by molar-refractivity contribution is -0.130. The second-order valence-electron chi connectivity index (χ2n) is 7.26. The minimum atomic E-state index is 0.141. The van der Waals surface area contributed by atoms with Crippen molar-refractivity contribution in [3.63, 3.8) is 0 Å². The quantitative estimate of drug-likeness (QED) is 0.856. The highest BCUT2D eigenvalue weighted by Crippen LogP contribution is 2.38. The van der Waals surface area contributed by atoms with Gasteiger partial charge >= 0.3 is 0 Å². The number of piperidine rings is 1. The molecule has 0 bridgehead atoms. The van der Waals surface area contributed by atoms with E-state index in [0.29, 0.717) is 5.91 Å². The Kier molecular flexibility index (Phi) is 4.62. The molecule has 0 radical (unpaired) electrons. The second kappa shape index (κ2) is 6.52. The van der Waals surface area contributed by atoms with E-state index in [2.05, 4.69) is 29.2 Å². The van der Waals surface area contributed by atoms with Crippen molar-refractivity contribution in [1.82, 2.24) is 9.80 Å². The summed E-state index contributed by atoms with van der Waals surface area (Å²) in [6, 6.07) is 8.44. The number of benzene rings is 1. The van der Waals surface area contributed by atoms with E-state index in [4.69, 9.17) is 4.74 Å². The molecule has 0 aliphatic carbocycles. The summed E-state index contributed by atoms with van der Waals surface area (Å²) in [7, 11) is 1.98. The van der Waals surface area contributed by atoms with E-state index in [-0.39, 0.29) is 11.6 Å². The van der Waals surface area contributed by atoms with Crippen molar-refractivity contribution >= 4 is 5.91 Å². The maximum atomic E-state index is 11.8. The Morgan fingerprint density at radius 2 is 1.78 bits per heavy atom. The van der Waals surface area contributed by atoms with Crippen molar-refractivity contribution in [3.8, 4) is 5.75 Å². The number of ether oxygens (including phenoxy) is 1. The minimum absolute atomic E-state index is 0.141. The Balaban J connectivity index is 1.54. The van der Waals surface area contributed by atoms with E-state index in [1.165, 1.54) is 5.56 Å². The van der Waals surface area contributed by atoms with E-state index in [1.54, 1.807) is 0 Å². The summed E-state index contributed by atoms with van der Waals surface area (Å²) in [6.07, 6.45) is 4.18. The first kappa shape index (κ1) is 16.3. The normalized spacial score (nSPS) is 21.4. The van der Waals surface area contributed by atoms with Crippen LogP contribution < -0.4 is 4.74 Å². The van der Waals surface area contributed by atoms with Gasteiger partial charge in [0, 0.05) is 38.6 Å². The summed E-state index contributed by atoms with van der Waals surface area (Å²) < 4.78 is 5.69. The molecule has 0 saturated carbocycles. The molecule has 23 heavy (non-hydrogen) atoms. The predicted octanol–water partition coefficient (Wildman–Crippen LogP) is 3.06. The van der Waals surface area contributed by atoms with Gasteiger partial charge in [-0.25, -0.2) is 0 Å². The fourth-order valence-electron chi connectivity index (χ4n) is 3.86. The molecule has 4 heteroatoms. The van der Waals surface area contributed by atoms with Crippen molar-refractivity contribution in [2.24, 2.45) is 0 Å². The number of carbonyl (C=O) groups excluding carboxylic acids is 1. The molecule has 3 rings (SSSR count). The lowest BCUT2D eigenvalue weighted by atomic mass is 9.85. The number of likely N-dealkylation sites (tertiary alicyclic amines) is 2. The first-order chi connectivity index (χ1) is 11.0. The highest BCUT2D eigenvalue weighted by molar-refractivity contribution is 5.79. The van der Waals surface area contributed by atoms with E-state index in [1.807, 2.05) is 25.8 Å². The smallest absolute Gasteiger partial charge is 0.222 e. The van der Waals surface area contributed by atoms with Gasteiger partial charge in [-0.3, -0.25) is 9.69 Å². The molecular formula is C19H28N2O2. The van der Waals surface area contributed by atoms with Gasteiger partial charge in [-0.1, -0.05) is 12.1 Å². The van der Waals surface area contributed by atoms with Crippen LogP contribution in [0.15, 0.2) is 24.3 Å². The van der Waals surface area contributed by atoms with Crippen molar-refractivity contribution in [1.29, 1.82) is 0 Å². The number of hydrogen-bond acceptors (Lipinski definition) is 3. The van der Waals surface area contributed by atoms with Gasteiger partial charge in [0.05, 0.1) is 6.10 Å². The number of hydrogen-bond donors (Lipinski definition) is 0. The molecule has 0 unspecified atom stereocenters. The summed E-state index contributed by atoms with van der Waals surface area (Å²) in [4.78, 5) is 16.3. The third kappa shape index (κ3) is 3.52. The molecule has 2 aliphatic heterocycles. The molecule has 0 N–H and O–H groups in total. The van der Waals surface area contributed by atoms with Gasteiger partial charge in [0.2, 0.25) is 5.91 Å². The highest BCUT2D eigenvalue weighted by atomic mass is 16.5. The Bertz CT molecular complexity index is 545. The van der Waals surface area contributed by atoms with Crippen LogP contribution in [0.1, 0.15) is 45.1 Å². The topological polar surface area (TPSA) is 32.8 Å². The van der Waals surface area contributed by atoms with Crippen LogP contribution in [0.4, 0.5) is 0 Å². The summed E-state index contributed by atoms with van der Waals surface area (Å²) in [5.74, 6) is 1.26. The zero-order valence-electron chi connectivity index (χ0n) is 14.5. The monoisotopic (exact) mass is 316 g/mol. The standard InChI is InChI=1S/C19H28N2O2/c1-15(2)23-17-6-4-16(5-7-17)14-21-12-10-19(11-13-21)9-8-18(22)20(19)3/h4-7,15H,8-14H2,1-3H3. The number of rotatable bonds is 4. The van der Waals surface area contributed by atoms with Crippen LogP contribution in [0.2, 0.25) is 0 Å². The van der Waals surface area contributed by atoms with Gasteiger partial charge < -0.3 is 9.64 Å². The fraction of sp³-hybridized carbons (Fsp3) is 0.632. The molecule has 2 saturated heterocycles. The summed E-state index contributed by atoms with van der Waals surface area (Å²) >= 11 is 0. The van der Waals surface area contributed by atoms with Gasteiger partial charge in [0.1, 0.15) is 5.75 Å². The number of carbonyl (C=O) groups is 1. The summed E-state index contributed by atoms with van der Waals surface area (Å²) in [5.41, 5.74) is 1.47. The first-order valence-electron chi connectivity index (χ1n) is 8.73. The Morgan fingerprint density at radius 3 is 2.30 bits per heavy atom. The first-order valence-corrected chi connectivity index (χ1v) is 8.73. The van der Waals surface area contributed by atoms with Crippen LogP contribution in [0.3, 0.4) is 0 Å². The molecule has 0 atom stereocenters. The maximum Gasteiger partial charge on any atom is 0.222 e. The van der Waals surface area contributed by atoms with Crippen LogP contribution in [0, 0.1) is 0 Å².